The second-order valence-electron chi connectivity index (χ2n) is 8.50. The first-order valence-electron chi connectivity index (χ1n) is 11.2. The number of halogens is 6. The molecule has 1 N–H and O–H groups in total. The third-order valence-corrected chi connectivity index (χ3v) is 6.03. The Balaban J connectivity index is 1.89. The van der Waals surface area contributed by atoms with Crippen molar-refractivity contribution in [3.63, 3.8) is 0 Å². The summed E-state index contributed by atoms with van der Waals surface area (Å²) in [5.41, 5.74) is -2.24. The van der Waals surface area contributed by atoms with Crippen molar-refractivity contribution < 1.29 is 35.9 Å². The van der Waals surface area contributed by atoms with Crippen molar-refractivity contribution in [3.8, 4) is 5.69 Å². The van der Waals surface area contributed by atoms with E-state index >= 15 is 0 Å². The van der Waals surface area contributed by atoms with Crippen LogP contribution in [0.25, 0.3) is 16.7 Å². The van der Waals surface area contributed by atoms with Gasteiger partial charge in [0.1, 0.15) is 29.1 Å². The first kappa shape index (κ1) is 26.2. The number of carbonyl (C=O) groups excluding carboxylic acids is 2. The van der Waals surface area contributed by atoms with Gasteiger partial charge in [-0.25, -0.2) is 18.2 Å². The monoisotopic (exact) mass is 526 g/mol. The fraction of sp³-hybridized carbons (Fsp3) is 0.333. The van der Waals surface area contributed by atoms with E-state index in [0.29, 0.717) is 6.07 Å². The highest BCUT2D eigenvalue weighted by Gasteiger charge is 2.39. The molecule has 1 fully saturated rings. The average molecular weight is 526 g/mol. The molecule has 7 nitrogen and oxygen atoms in total. The molecule has 3 aromatic rings. The topological polar surface area (TPSA) is 84.3 Å². The molecule has 0 saturated carbocycles. The molecule has 1 amide bonds. The van der Waals surface area contributed by atoms with E-state index in [-0.39, 0.29) is 42.0 Å². The zero-order chi connectivity index (χ0) is 27.1. The van der Waals surface area contributed by atoms with E-state index in [0.717, 1.165) is 22.9 Å². The van der Waals surface area contributed by atoms with E-state index in [1.807, 2.05) is 0 Å². The van der Waals surface area contributed by atoms with Crippen LogP contribution in [0.2, 0.25) is 0 Å². The lowest BCUT2D eigenvalue weighted by molar-refractivity contribution is -0.153. The summed E-state index contributed by atoms with van der Waals surface area (Å²) in [6, 6.07) is 2.78. The molecule has 0 aliphatic carbocycles. The molecule has 0 bridgehead atoms. The number of hydrogen-bond acceptors (Lipinski definition) is 5. The molecule has 1 aliphatic rings. The number of alkyl halides is 4. The minimum atomic E-state index is -4.77. The van der Waals surface area contributed by atoms with Crippen LogP contribution in [0.15, 0.2) is 41.3 Å². The van der Waals surface area contributed by atoms with Gasteiger partial charge in [0.05, 0.1) is 17.6 Å². The number of aromatic nitrogens is 2. The first-order chi connectivity index (χ1) is 17.4. The van der Waals surface area contributed by atoms with Crippen LogP contribution in [-0.2, 0) is 4.79 Å². The van der Waals surface area contributed by atoms with Crippen molar-refractivity contribution in [2.75, 3.05) is 18.0 Å². The number of fused-ring (bicyclic) bond motifs is 1. The van der Waals surface area contributed by atoms with E-state index < -0.39 is 59.1 Å². The molecule has 2 atom stereocenters. The summed E-state index contributed by atoms with van der Waals surface area (Å²) in [5, 5.41) is 1.53. The SMILES string of the molecule is CCC(NC(=O)c1cn(-c2ccc(F)cc2F)c2nc(N3CC[C@@H](F)C(=O)C3)ccc2c1=O)C(F)(F)F. The van der Waals surface area contributed by atoms with Crippen molar-refractivity contribution in [3.05, 3.63) is 63.9 Å². The smallest absolute Gasteiger partial charge is 0.349 e. The third kappa shape index (κ3) is 5.16. The van der Waals surface area contributed by atoms with Crippen molar-refractivity contribution in [1.82, 2.24) is 14.9 Å². The van der Waals surface area contributed by atoms with Gasteiger partial charge in [0, 0.05) is 25.2 Å². The minimum Gasteiger partial charge on any atom is -0.349 e. The number of rotatable bonds is 5. The largest absolute Gasteiger partial charge is 0.408 e. The predicted octanol–water partition coefficient (Wildman–Crippen LogP) is 3.85. The number of hydrogen-bond donors (Lipinski definition) is 1. The Hall–Kier alpha value is -3.90. The lowest BCUT2D eigenvalue weighted by Crippen LogP contribution is -2.46. The minimum absolute atomic E-state index is 0.0884. The Bertz CT molecular complexity index is 1440. The zero-order valence-electron chi connectivity index (χ0n) is 19.3. The highest BCUT2D eigenvalue weighted by molar-refractivity contribution is 5.97. The van der Waals surface area contributed by atoms with Crippen LogP contribution in [-0.4, -0.2) is 52.7 Å². The zero-order valence-corrected chi connectivity index (χ0v) is 19.3. The van der Waals surface area contributed by atoms with Gasteiger partial charge in [0.25, 0.3) is 5.91 Å². The molecule has 1 aromatic carbocycles. The van der Waals surface area contributed by atoms with Crippen molar-refractivity contribution in [2.24, 2.45) is 0 Å². The number of pyridine rings is 2. The number of carbonyl (C=O) groups is 2. The summed E-state index contributed by atoms with van der Waals surface area (Å²) in [5.74, 6) is -3.88. The van der Waals surface area contributed by atoms with Crippen LogP contribution < -0.4 is 15.6 Å². The molecule has 4 rings (SSSR count). The van der Waals surface area contributed by atoms with Gasteiger partial charge in [0.15, 0.2) is 17.6 Å². The molecule has 1 saturated heterocycles. The van der Waals surface area contributed by atoms with E-state index in [2.05, 4.69) is 4.98 Å². The molecule has 0 spiro atoms. The summed E-state index contributed by atoms with van der Waals surface area (Å²) >= 11 is 0. The van der Waals surface area contributed by atoms with E-state index in [1.165, 1.54) is 24.0 Å². The summed E-state index contributed by atoms with van der Waals surface area (Å²) in [6.07, 6.45) is -6.15. The van der Waals surface area contributed by atoms with Gasteiger partial charge in [-0.2, -0.15) is 13.2 Å². The Labute approximate surface area is 205 Å². The quantitative estimate of drug-likeness (QED) is 0.511. The number of anilines is 1. The van der Waals surface area contributed by atoms with Gasteiger partial charge in [0.2, 0.25) is 5.43 Å². The number of amides is 1. The van der Waals surface area contributed by atoms with E-state index in [4.69, 9.17) is 0 Å². The molecular weight excluding hydrogens is 506 g/mol. The number of piperidine rings is 1. The number of ketones is 1. The van der Waals surface area contributed by atoms with Crippen LogP contribution in [0.4, 0.5) is 32.2 Å². The normalized spacial score (nSPS) is 17.2. The fourth-order valence-corrected chi connectivity index (χ4v) is 4.03. The maximum atomic E-state index is 14.8. The highest BCUT2D eigenvalue weighted by atomic mass is 19.4. The maximum absolute atomic E-state index is 14.8. The number of benzene rings is 1. The second kappa shape index (κ2) is 9.87. The molecule has 2 aromatic heterocycles. The summed E-state index contributed by atoms with van der Waals surface area (Å²) < 4.78 is 82.5. The standard InChI is InChI=1S/C24H20F6N4O3/c1-2-19(24(28,29)30)31-23(37)14-10-34(17-5-3-12(25)9-16(17)27)22-13(21(14)36)4-6-20(32-22)33-8-7-15(26)18(35)11-33/h3-6,9-10,15,19H,2,7-8,11H2,1H3,(H,31,37)/t15-,19?/m1/s1. The Morgan fingerprint density at radius 2 is 1.92 bits per heavy atom. The van der Waals surface area contributed by atoms with Crippen LogP contribution in [0.3, 0.4) is 0 Å². The molecule has 0 radical (unpaired) electrons. The van der Waals surface area contributed by atoms with Crippen LogP contribution in [0.1, 0.15) is 30.1 Å². The van der Waals surface area contributed by atoms with Crippen molar-refractivity contribution in [2.45, 2.75) is 38.2 Å². The van der Waals surface area contributed by atoms with Crippen LogP contribution in [0, 0.1) is 11.6 Å². The molecular formula is C24H20F6N4O3. The number of Topliss-reactive ketones (excluding diaryl/α,β-unsaturated/α-hetero) is 1. The molecule has 1 aliphatic heterocycles. The van der Waals surface area contributed by atoms with Gasteiger partial charge < -0.3 is 10.2 Å². The molecule has 13 heteroatoms. The maximum Gasteiger partial charge on any atom is 0.408 e. The van der Waals surface area contributed by atoms with Crippen LogP contribution in [0.5, 0.6) is 0 Å². The second-order valence-corrected chi connectivity index (χ2v) is 8.50. The Morgan fingerprint density at radius 1 is 1.19 bits per heavy atom. The first-order valence-corrected chi connectivity index (χ1v) is 11.2. The predicted molar refractivity (Wildman–Crippen MR) is 122 cm³/mol. The molecule has 1 unspecified atom stereocenters. The average Bonchev–Trinajstić information content (AvgIpc) is 2.84. The van der Waals surface area contributed by atoms with E-state index in [9.17, 15) is 40.7 Å². The van der Waals surface area contributed by atoms with Gasteiger partial charge >= 0.3 is 6.18 Å². The highest BCUT2D eigenvalue weighted by Crippen LogP contribution is 2.25. The van der Waals surface area contributed by atoms with Gasteiger partial charge in [-0.3, -0.25) is 19.0 Å². The number of nitrogens with one attached hydrogen (secondary N) is 1. The Morgan fingerprint density at radius 3 is 2.54 bits per heavy atom. The van der Waals surface area contributed by atoms with Crippen LogP contribution >= 0.6 is 0 Å². The lowest BCUT2D eigenvalue weighted by atomic mass is 10.1. The summed E-state index contributed by atoms with van der Waals surface area (Å²) in [7, 11) is 0. The van der Waals surface area contributed by atoms with Gasteiger partial charge in [-0.1, -0.05) is 6.92 Å². The van der Waals surface area contributed by atoms with Crippen molar-refractivity contribution in [1.29, 1.82) is 0 Å². The summed E-state index contributed by atoms with van der Waals surface area (Å²) in [6.45, 7) is 1.02. The molecule has 3 heterocycles. The molecule has 37 heavy (non-hydrogen) atoms. The van der Waals surface area contributed by atoms with Gasteiger partial charge in [-0.15, -0.1) is 0 Å². The molecule has 196 valence electrons. The Kier molecular flexibility index (Phi) is 6.98. The van der Waals surface area contributed by atoms with Crippen molar-refractivity contribution >= 4 is 28.5 Å². The summed E-state index contributed by atoms with van der Waals surface area (Å²) in [4.78, 5) is 43.5. The van der Waals surface area contributed by atoms with Gasteiger partial charge in [-0.05, 0) is 30.7 Å². The number of nitrogens with zero attached hydrogens (tertiary/aromatic N) is 3. The lowest BCUT2D eigenvalue weighted by Gasteiger charge is -2.29. The van der Waals surface area contributed by atoms with E-state index in [1.54, 1.807) is 5.32 Å². The fourth-order valence-electron chi connectivity index (χ4n) is 4.03. The third-order valence-electron chi connectivity index (χ3n) is 6.03.